The summed E-state index contributed by atoms with van der Waals surface area (Å²) in [5.41, 5.74) is 9.99. The Morgan fingerprint density at radius 2 is 1.83 bits per heavy atom. The number of nitrogens with zero attached hydrogens (tertiary/aromatic N) is 2. The molecule has 0 aromatic heterocycles. The van der Waals surface area contributed by atoms with Crippen molar-refractivity contribution < 1.29 is 4.79 Å². The number of nitrogens with two attached hydrogens (primary N) is 1. The molecule has 2 rings (SSSR count). The van der Waals surface area contributed by atoms with Gasteiger partial charge in [-0.15, -0.1) is 0 Å². The van der Waals surface area contributed by atoms with Gasteiger partial charge in [0.2, 0.25) is 5.96 Å². The van der Waals surface area contributed by atoms with Crippen molar-refractivity contribution in [3.05, 3.63) is 29.3 Å². The second-order valence-corrected chi connectivity index (χ2v) is 6.50. The van der Waals surface area contributed by atoms with E-state index < -0.39 is 6.03 Å². The zero-order chi connectivity index (χ0) is 17.5. The summed E-state index contributed by atoms with van der Waals surface area (Å²) in [5, 5.41) is 2.52. The number of carbonyl (C=O) groups is 1. The van der Waals surface area contributed by atoms with Gasteiger partial charge < -0.3 is 16.0 Å². The van der Waals surface area contributed by atoms with E-state index in [1.807, 2.05) is 0 Å². The molecule has 0 saturated heterocycles. The van der Waals surface area contributed by atoms with Crippen LogP contribution in [0, 0.1) is 5.92 Å². The maximum absolute atomic E-state index is 11.7. The third-order valence-corrected chi connectivity index (χ3v) is 4.36. The molecular weight excluding hydrogens is 300 g/mol. The summed E-state index contributed by atoms with van der Waals surface area (Å²) in [6.45, 7) is 5.21. The van der Waals surface area contributed by atoms with E-state index in [0.717, 1.165) is 32.2 Å². The number of benzene rings is 1. The average molecular weight is 330 g/mol. The van der Waals surface area contributed by atoms with Gasteiger partial charge in [-0.3, -0.25) is 0 Å². The predicted octanol–water partition coefficient (Wildman–Crippen LogP) is 3.46. The molecule has 1 fully saturated rings. The molecule has 5 heteroatoms. The molecule has 0 bridgehead atoms. The highest BCUT2D eigenvalue weighted by atomic mass is 16.2. The lowest BCUT2D eigenvalue weighted by Crippen LogP contribution is -2.41. The van der Waals surface area contributed by atoms with Gasteiger partial charge in [-0.25, -0.2) is 4.79 Å². The first-order valence-electron chi connectivity index (χ1n) is 9.04. The van der Waals surface area contributed by atoms with Gasteiger partial charge in [0, 0.05) is 13.6 Å². The molecule has 0 unspecified atom stereocenters. The van der Waals surface area contributed by atoms with Crippen molar-refractivity contribution in [2.24, 2.45) is 16.6 Å². The van der Waals surface area contributed by atoms with Crippen LogP contribution in [0.4, 0.5) is 10.5 Å². The third kappa shape index (κ3) is 4.73. The minimum absolute atomic E-state index is 0.294. The van der Waals surface area contributed by atoms with E-state index in [1.165, 1.54) is 29.7 Å². The average Bonchev–Trinajstić information content (AvgIpc) is 3.38. The number of nitrogens with one attached hydrogen (secondary N) is 1. The van der Waals surface area contributed by atoms with Crippen molar-refractivity contribution in [1.29, 1.82) is 0 Å². The summed E-state index contributed by atoms with van der Waals surface area (Å²) >= 11 is 0. The quantitative estimate of drug-likeness (QED) is 0.594. The highest BCUT2D eigenvalue weighted by molar-refractivity contribution is 6.02. The molecule has 132 valence electrons. The van der Waals surface area contributed by atoms with Crippen LogP contribution in [-0.4, -0.2) is 25.6 Å². The van der Waals surface area contributed by atoms with Crippen LogP contribution in [0.2, 0.25) is 0 Å². The van der Waals surface area contributed by atoms with Crippen LogP contribution in [0.5, 0.6) is 0 Å². The van der Waals surface area contributed by atoms with Crippen LogP contribution in [0.25, 0.3) is 0 Å². The first-order chi connectivity index (χ1) is 11.6. The molecule has 0 radical (unpaired) electrons. The van der Waals surface area contributed by atoms with E-state index in [9.17, 15) is 4.79 Å². The summed E-state index contributed by atoms with van der Waals surface area (Å²) in [6, 6.07) is 6.06. The highest BCUT2D eigenvalue weighted by Gasteiger charge is 2.28. The molecule has 1 aliphatic rings. The Kier molecular flexibility index (Phi) is 6.64. The Hall–Kier alpha value is -2.04. The molecule has 0 atom stereocenters. The number of rotatable bonds is 7. The monoisotopic (exact) mass is 330 g/mol. The maximum Gasteiger partial charge on any atom is 0.343 e. The van der Waals surface area contributed by atoms with Crippen LogP contribution in [-0.2, 0) is 12.8 Å². The fourth-order valence-corrected chi connectivity index (χ4v) is 3.01. The Morgan fingerprint density at radius 3 is 2.29 bits per heavy atom. The van der Waals surface area contributed by atoms with Crippen LogP contribution in [0.3, 0.4) is 0 Å². The number of hydrogen-bond donors (Lipinski definition) is 2. The van der Waals surface area contributed by atoms with Gasteiger partial charge in [0.1, 0.15) is 0 Å². The zero-order valence-electron chi connectivity index (χ0n) is 15.1. The molecule has 1 saturated carbocycles. The van der Waals surface area contributed by atoms with Crippen molar-refractivity contribution in [2.45, 2.75) is 52.4 Å². The number of guanidine groups is 1. The summed E-state index contributed by atoms with van der Waals surface area (Å²) in [6.07, 6.45) is 6.60. The number of amides is 2. The number of para-hydroxylation sites is 1. The van der Waals surface area contributed by atoms with Crippen LogP contribution in [0.1, 0.15) is 50.7 Å². The molecule has 0 spiro atoms. The van der Waals surface area contributed by atoms with E-state index in [1.54, 1.807) is 7.05 Å². The zero-order valence-corrected chi connectivity index (χ0v) is 15.1. The number of urea groups is 1. The second kappa shape index (κ2) is 8.71. The first-order valence-corrected chi connectivity index (χ1v) is 9.04. The fourth-order valence-electron chi connectivity index (χ4n) is 3.01. The topological polar surface area (TPSA) is 70.7 Å². The van der Waals surface area contributed by atoms with Gasteiger partial charge >= 0.3 is 6.03 Å². The van der Waals surface area contributed by atoms with Crippen LogP contribution >= 0.6 is 0 Å². The van der Waals surface area contributed by atoms with Gasteiger partial charge in [0.25, 0.3) is 0 Å². The molecule has 0 heterocycles. The molecule has 1 aliphatic carbocycles. The molecule has 1 aromatic rings. The SMILES string of the molecule is CCCc1cccc(CCC)c1N(CC1CC1)C(N)=NC(=O)NC. The molecule has 0 aliphatic heterocycles. The lowest BCUT2D eigenvalue weighted by Gasteiger charge is -2.28. The highest BCUT2D eigenvalue weighted by Crippen LogP contribution is 2.34. The smallest absolute Gasteiger partial charge is 0.343 e. The van der Waals surface area contributed by atoms with Crippen molar-refractivity contribution in [3.63, 3.8) is 0 Å². The largest absolute Gasteiger partial charge is 0.369 e. The van der Waals surface area contributed by atoms with E-state index >= 15 is 0 Å². The third-order valence-electron chi connectivity index (χ3n) is 4.36. The normalized spacial score (nSPS) is 14.5. The van der Waals surface area contributed by atoms with Crippen molar-refractivity contribution in [2.75, 3.05) is 18.5 Å². The lowest BCUT2D eigenvalue weighted by atomic mass is 9.99. The summed E-state index contributed by atoms with van der Waals surface area (Å²) in [5.74, 6) is 0.940. The number of anilines is 1. The molecule has 2 amide bonds. The molecular formula is C19H30N4O. The Labute approximate surface area is 145 Å². The first kappa shape index (κ1) is 18.3. The van der Waals surface area contributed by atoms with E-state index in [4.69, 9.17) is 5.73 Å². The van der Waals surface area contributed by atoms with E-state index in [-0.39, 0.29) is 0 Å². The standard InChI is InChI=1S/C19H30N4O/c1-4-7-15-9-6-10-16(8-5-2)17(15)23(13-14-11-12-14)18(20)22-19(24)21-3/h6,9-10,14H,4-5,7-8,11-13H2,1-3H3,(H3,20,21,22,24). The minimum Gasteiger partial charge on any atom is -0.369 e. The van der Waals surface area contributed by atoms with Gasteiger partial charge in [-0.1, -0.05) is 44.9 Å². The van der Waals surface area contributed by atoms with Gasteiger partial charge in [-0.05, 0) is 42.7 Å². The molecule has 5 nitrogen and oxygen atoms in total. The summed E-state index contributed by atoms with van der Waals surface area (Å²) < 4.78 is 0. The molecule has 24 heavy (non-hydrogen) atoms. The minimum atomic E-state index is -0.404. The summed E-state index contributed by atoms with van der Waals surface area (Å²) in [4.78, 5) is 17.8. The van der Waals surface area contributed by atoms with E-state index in [2.05, 4.69) is 47.3 Å². The van der Waals surface area contributed by atoms with Crippen LogP contribution in [0.15, 0.2) is 23.2 Å². The van der Waals surface area contributed by atoms with Crippen molar-refractivity contribution >= 4 is 17.7 Å². The number of hydrogen-bond acceptors (Lipinski definition) is 1. The Morgan fingerprint density at radius 1 is 1.25 bits per heavy atom. The second-order valence-electron chi connectivity index (χ2n) is 6.50. The summed E-state index contributed by atoms with van der Waals surface area (Å²) in [7, 11) is 1.57. The van der Waals surface area contributed by atoms with Gasteiger partial charge in [0.05, 0.1) is 5.69 Å². The van der Waals surface area contributed by atoms with Gasteiger partial charge in [-0.2, -0.15) is 4.99 Å². The lowest BCUT2D eigenvalue weighted by molar-refractivity contribution is 0.251. The molecule has 3 N–H and O–H groups in total. The van der Waals surface area contributed by atoms with Crippen molar-refractivity contribution in [3.8, 4) is 0 Å². The molecule has 1 aromatic carbocycles. The van der Waals surface area contributed by atoms with E-state index in [0.29, 0.717) is 11.9 Å². The fraction of sp³-hybridized carbons (Fsp3) is 0.579. The number of aryl methyl sites for hydroxylation is 2. The van der Waals surface area contributed by atoms with Crippen LogP contribution < -0.4 is 16.0 Å². The van der Waals surface area contributed by atoms with Gasteiger partial charge in [0.15, 0.2) is 0 Å². The predicted molar refractivity (Wildman–Crippen MR) is 101 cm³/mol. The van der Waals surface area contributed by atoms with Crippen molar-refractivity contribution in [1.82, 2.24) is 5.32 Å². The Balaban J connectivity index is 2.46. The number of aliphatic imine (C=N–C) groups is 1. The Bertz CT molecular complexity index is 569. The maximum atomic E-state index is 11.7. The number of carbonyl (C=O) groups excluding carboxylic acids is 1.